The summed E-state index contributed by atoms with van der Waals surface area (Å²) in [5, 5.41) is 11.0. The number of thiophene rings is 1. The van der Waals surface area contributed by atoms with E-state index in [1.807, 2.05) is 26.0 Å². The highest BCUT2D eigenvalue weighted by Crippen LogP contribution is 2.28. The molecule has 0 spiro atoms. The van der Waals surface area contributed by atoms with Crippen molar-refractivity contribution >= 4 is 28.9 Å². The van der Waals surface area contributed by atoms with Crippen LogP contribution < -0.4 is 0 Å². The molecule has 0 aliphatic rings. The number of hydrogen-bond donors (Lipinski definition) is 0. The Bertz CT molecular complexity index is 749. The number of aryl methyl sites for hydroxylation is 1. The predicted octanol–water partition coefficient (Wildman–Crippen LogP) is 4.37. The van der Waals surface area contributed by atoms with Crippen LogP contribution in [-0.4, -0.2) is 10.7 Å². The van der Waals surface area contributed by atoms with Gasteiger partial charge in [0.25, 0.3) is 5.69 Å². The van der Waals surface area contributed by atoms with Crippen molar-refractivity contribution in [3.05, 3.63) is 67.2 Å². The summed E-state index contributed by atoms with van der Waals surface area (Å²) in [6.45, 7) is 3.72. The van der Waals surface area contributed by atoms with Crippen molar-refractivity contribution in [1.82, 2.24) is 0 Å². The normalized spacial score (nSPS) is 11.0. The summed E-state index contributed by atoms with van der Waals surface area (Å²) >= 11 is 1.24. The molecule has 2 rings (SSSR count). The van der Waals surface area contributed by atoms with Gasteiger partial charge in [-0.25, -0.2) is 4.39 Å². The molecule has 0 aliphatic heterocycles. The number of carbonyl (C=O) groups excluding carboxylic acids is 1. The van der Waals surface area contributed by atoms with E-state index in [4.69, 9.17) is 0 Å². The van der Waals surface area contributed by atoms with E-state index in [1.54, 1.807) is 6.07 Å². The van der Waals surface area contributed by atoms with E-state index in [-0.39, 0.29) is 11.3 Å². The van der Waals surface area contributed by atoms with E-state index in [1.165, 1.54) is 11.3 Å². The SMILES string of the molecule is C/C=C\c1cc(C(=O)c2cc(F)ccc2[N+](=O)[O-])sc1C. The fourth-order valence-corrected chi connectivity index (χ4v) is 2.90. The van der Waals surface area contributed by atoms with Gasteiger partial charge in [0.15, 0.2) is 0 Å². The zero-order valence-electron chi connectivity index (χ0n) is 11.4. The van der Waals surface area contributed by atoms with Crippen molar-refractivity contribution in [1.29, 1.82) is 0 Å². The molecule has 0 atom stereocenters. The third kappa shape index (κ3) is 3.05. The van der Waals surface area contributed by atoms with Crippen LogP contribution in [0.2, 0.25) is 0 Å². The van der Waals surface area contributed by atoms with Gasteiger partial charge in [0.2, 0.25) is 5.78 Å². The van der Waals surface area contributed by atoms with E-state index in [0.29, 0.717) is 4.88 Å². The van der Waals surface area contributed by atoms with Gasteiger partial charge in [-0.05, 0) is 37.6 Å². The Labute approximate surface area is 124 Å². The molecular weight excluding hydrogens is 293 g/mol. The highest BCUT2D eigenvalue weighted by molar-refractivity contribution is 7.14. The maximum atomic E-state index is 13.3. The Morgan fingerprint density at radius 3 is 2.71 bits per heavy atom. The molecular formula is C15H12FNO3S. The number of nitrogens with zero attached hydrogens (tertiary/aromatic N) is 1. The summed E-state index contributed by atoms with van der Waals surface area (Å²) in [6, 6.07) is 4.55. The van der Waals surface area contributed by atoms with Crippen LogP contribution in [0.1, 0.15) is 32.6 Å². The maximum Gasteiger partial charge on any atom is 0.280 e. The molecule has 0 amide bonds. The molecule has 4 nitrogen and oxygen atoms in total. The van der Waals surface area contributed by atoms with Gasteiger partial charge in [-0.15, -0.1) is 11.3 Å². The summed E-state index contributed by atoms with van der Waals surface area (Å²) in [4.78, 5) is 24.0. The molecule has 0 N–H and O–H groups in total. The first-order chi connectivity index (χ1) is 9.93. The van der Waals surface area contributed by atoms with Crippen molar-refractivity contribution in [2.45, 2.75) is 13.8 Å². The topological polar surface area (TPSA) is 60.2 Å². The summed E-state index contributed by atoms with van der Waals surface area (Å²) in [7, 11) is 0. The Morgan fingerprint density at radius 1 is 1.38 bits per heavy atom. The maximum absolute atomic E-state index is 13.3. The fourth-order valence-electron chi connectivity index (χ4n) is 1.94. The highest BCUT2D eigenvalue weighted by Gasteiger charge is 2.23. The second-order valence-corrected chi connectivity index (χ2v) is 5.63. The average molecular weight is 305 g/mol. The van der Waals surface area contributed by atoms with Crippen molar-refractivity contribution < 1.29 is 14.1 Å². The summed E-state index contributed by atoms with van der Waals surface area (Å²) in [6.07, 6.45) is 3.69. The van der Waals surface area contributed by atoms with Crippen LogP contribution in [0.15, 0.2) is 30.3 Å². The number of halogens is 1. The van der Waals surface area contributed by atoms with Crippen LogP contribution in [0.5, 0.6) is 0 Å². The first-order valence-corrected chi connectivity index (χ1v) is 6.97. The minimum absolute atomic E-state index is 0.228. The zero-order chi connectivity index (χ0) is 15.6. The van der Waals surface area contributed by atoms with Crippen molar-refractivity contribution in [3.63, 3.8) is 0 Å². The lowest BCUT2D eigenvalue weighted by molar-refractivity contribution is -0.385. The molecule has 2 aromatic rings. The van der Waals surface area contributed by atoms with E-state index in [2.05, 4.69) is 0 Å². The Kier molecular flexibility index (Phi) is 4.28. The summed E-state index contributed by atoms with van der Waals surface area (Å²) < 4.78 is 13.3. The van der Waals surface area contributed by atoms with E-state index < -0.39 is 16.5 Å². The first kappa shape index (κ1) is 15.1. The van der Waals surface area contributed by atoms with Crippen LogP contribution in [-0.2, 0) is 0 Å². The number of nitro benzene ring substituents is 1. The number of rotatable bonds is 4. The lowest BCUT2D eigenvalue weighted by Gasteiger charge is -2.00. The molecule has 1 heterocycles. The molecule has 0 radical (unpaired) electrons. The summed E-state index contributed by atoms with van der Waals surface area (Å²) in [5.74, 6) is -1.21. The number of allylic oxidation sites excluding steroid dienone is 1. The van der Waals surface area contributed by atoms with Crippen LogP contribution in [0.4, 0.5) is 10.1 Å². The lowest BCUT2D eigenvalue weighted by atomic mass is 10.1. The van der Waals surface area contributed by atoms with Crippen molar-refractivity contribution in [3.8, 4) is 0 Å². The molecule has 0 fully saturated rings. The van der Waals surface area contributed by atoms with E-state index in [9.17, 15) is 19.3 Å². The van der Waals surface area contributed by atoms with Crippen LogP contribution in [0.3, 0.4) is 0 Å². The first-order valence-electron chi connectivity index (χ1n) is 6.15. The smallest absolute Gasteiger partial charge is 0.280 e. The molecule has 0 unspecified atom stereocenters. The quantitative estimate of drug-likeness (QED) is 0.479. The Balaban J connectivity index is 2.52. The molecule has 21 heavy (non-hydrogen) atoms. The number of ketones is 1. The van der Waals surface area contributed by atoms with Crippen LogP contribution in [0.25, 0.3) is 6.08 Å². The minimum Gasteiger partial charge on any atom is -0.287 e. The third-order valence-corrected chi connectivity index (χ3v) is 3.99. The Morgan fingerprint density at radius 2 is 2.10 bits per heavy atom. The number of hydrogen-bond acceptors (Lipinski definition) is 4. The molecule has 6 heteroatoms. The number of benzene rings is 1. The molecule has 1 aromatic heterocycles. The van der Waals surface area contributed by atoms with Gasteiger partial charge >= 0.3 is 0 Å². The van der Waals surface area contributed by atoms with Crippen molar-refractivity contribution in [2.75, 3.05) is 0 Å². The second kappa shape index (κ2) is 5.97. The van der Waals surface area contributed by atoms with Crippen molar-refractivity contribution in [2.24, 2.45) is 0 Å². The number of nitro groups is 1. The van der Waals surface area contributed by atoms with Gasteiger partial charge < -0.3 is 0 Å². The van der Waals surface area contributed by atoms with Gasteiger partial charge in [-0.1, -0.05) is 12.2 Å². The minimum atomic E-state index is -0.681. The van der Waals surface area contributed by atoms with Gasteiger partial charge in [0, 0.05) is 10.9 Å². The van der Waals surface area contributed by atoms with E-state index in [0.717, 1.165) is 28.6 Å². The van der Waals surface area contributed by atoms with Gasteiger partial charge in [-0.2, -0.15) is 0 Å². The average Bonchev–Trinajstić information content (AvgIpc) is 2.79. The standard InChI is InChI=1S/C15H12FNO3S/c1-3-4-10-7-14(21-9(10)2)15(18)12-8-11(16)5-6-13(12)17(19)20/h3-8H,1-2H3/b4-3-. The number of carbonyl (C=O) groups is 1. The fraction of sp³-hybridized carbons (Fsp3) is 0.133. The second-order valence-electron chi connectivity index (χ2n) is 4.37. The lowest BCUT2D eigenvalue weighted by Crippen LogP contribution is -2.04. The largest absolute Gasteiger partial charge is 0.287 e. The molecule has 0 saturated heterocycles. The molecule has 0 saturated carbocycles. The van der Waals surface area contributed by atoms with Gasteiger partial charge in [0.05, 0.1) is 9.80 Å². The highest BCUT2D eigenvalue weighted by atomic mass is 32.1. The summed E-state index contributed by atoms with van der Waals surface area (Å²) in [5.41, 5.74) is 0.262. The van der Waals surface area contributed by atoms with Crippen LogP contribution in [0, 0.1) is 22.9 Å². The molecule has 0 bridgehead atoms. The van der Waals surface area contributed by atoms with Gasteiger partial charge in [-0.3, -0.25) is 14.9 Å². The molecule has 108 valence electrons. The molecule has 1 aromatic carbocycles. The predicted molar refractivity (Wildman–Crippen MR) is 80.3 cm³/mol. The molecule has 0 aliphatic carbocycles. The van der Waals surface area contributed by atoms with Crippen LogP contribution >= 0.6 is 11.3 Å². The van der Waals surface area contributed by atoms with E-state index >= 15 is 0 Å². The third-order valence-electron chi connectivity index (χ3n) is 2.93. The zero-order valence-corrected chi connectivity index (χ0v) is 12.2. The Hall–Kier alpha value is -2.34. The monoisotopic (exact) mass is 305 g/mol. The van der Waals surface area contributed by atoms with Gasteiger partial charge in [0.1, 0.15) is 11.4 Å².